The SMILES string of the molecule is O=[11C](NC1CCCC1)Oc1ccc(O)c(-c2ccccc2)c1. The van der Waals surface area contributed by atoms with Crippen molar-refractivity contribution in [2.45, 2.75) is 31.7 Å². The first-order valence-electron chi connectivity index (χ1n) is 7.59. The van der Waals surface area contributed by atoms with Gasteiger partial charge < -0.3 is 15.2 Å². The summed E-state index contributed by atoms with van der Waals surface area (Å²) in [6.45, 7) is 0. The highest BCUT2D eigenvalue weighted by atomic mass is 16.5. The topological polar surface area (TPSA) is 58.6 Å². The molecule has 2 aromatic carbocycles. The molecule has 0 saturated heterocycles. The second-order valence-electron chi connectivity index (χ2n) is 5.56. The largest absolute Gasteiger partial charge is 0.507 e. The van der Waals surface area contributed by atoms with E-state index >= 15 is 0 Å². The van der Waals surface area contributed by atoms with Crippen LogP contribution in [0.5, 0.6) is 11.5 Å². The number of carbonyl (C=O) groups excluding carboxylic acids is 1. The van der Waals surface area contributed by atoms with Crippen LogP contribution in [0.15, 0.2) is 48.5 Å². The lowest BCUT2D eigenvalue weighted by Crippen LogP contribution is -2.34. The van der Waals surface area contributed by atoms with Gasteiger partial charge in [-0.1, -0.05) is 43.2 Å². The Balaban J connectivity index is 1.73. The van der Waals surface area contributed by atoms with Crippen molar-refractivity contribution < 1.29 is 14.6 Å². The normalized spacial score (nSPS) is 14.7. The number of benzene rings is 2. The molecular weight excluding hydrogens is 277 g/mol. The Labute approximate surface area is 129 Å². The first kappa shape index (κ1) is 14.4. The van der Waals surface area contributed by atoms with Crippen molar-refractivity contribution >= 4 is 6.09 Å². The predicted molar refractivity (Wildman–Crippen MR) is 85.0 cm³/mol. The van der Waals surface area contributed by atoms with E-state index in [9.17, 15) is 9.90 Å². The van der Waals surface area contributed by atoms with E-state index in [0.717, 1.165) is 31.2 Å². The Morgan fingerprint density at radius 2 is 1.82 bits per heavy atom. The number of rotatable bonds is 3. The molecule has 0 aromatic heterocycles. The zero-order chi connectivity index (χ0) is 15.4. The van der Waals surface area contributed by atoms with Gasteiger partial charge >= 0.3 is 6.09 Å². The third kappa shape index (κ3) is 3.39. The fraction of sp³-hybridized carbons (Fsp3) is 0.278. The van der Waals surface area contributed by atoms with Gasteiger partial charge in [0.15, 0.2) is 0 Å². The molecule has 1 amide bonds. The van der Waals surface area contributed by atoms with Gasteiger partial charge in [0, 0.05) is 11.6 Å². The summed E-state index contributed by atoms with van der Waals surface area (Å²) >= 11 is 0. The first-order chi connectivity index (χ1) is 10.7. The molecule has 2 aromatic rings. The highest BCUT2D eigenvalue weighted by molar-refractivity contribution is 5.75. The van der Waals surface area contributed by atoms with E-state index in [0.29, 0.717) is 11.3 Å². The molecule has 0 spiro atoms. The fourth-order valence-electron chi connectivity index (χ4n) is 2.80. The first-order valence-corrected chi connectivity index (χ1v) is 7.59. The summed E-state index contributed by atoms with van der Waals surface area (Å²) in [6.07, 6.45) is 3.90. The molecule has 1 aliphatic carbocycles. The average Bonchev–Trinajstić information content (AvgIpc) is 3.03. The van der Waals surface area contributed by atoms with Crippen molar-refractivity contribution in [2.24, 2.45) is 0 Å². The molecule has 4 nitrogen and oxygen atoms in total. The Morgan fingerprint density at radius 1 is 1.09 bits per heavy atom. The van der Waals surface area contributed by atoms with Crippen LogP contribution in [0.3, 0.4) is 0 Å². The van der Waals surface area contributed by atoms with E-state index in [-0.39, 0.29) is 11.8 Å². The van der Waals surface area contributed by atoms with Crippen LogP contribution in [0.1, 0.15) is 25.7 Å². The molecule has 1 fully saturated rings. The third-order valence-corrected chi connectivity index (χ3v) is 3.94. The van der Waals surface area contributed by atoms with Crippen LogP contribution in [0.25, 0.3) is 11.1 Å². The summed E-state index contributed by atoms with van der Waals surface area (Å²) in [5, 5.41) is 12.9. The summed E-state index contributed by atoms with van der Waals surface area (Å²) in [5.41, 5.74) is 1.52. The number of hydrogen-bond acceptors (Lipinski definition) is 3. The van der Waals surface area contributed by atoms with Gasteiger partial charge in [-0.3, -0.25) is 0 Å². The second kappa shape index (κ2) is 6.52. The monoisotopic (exact) mass is 296 g/mol. The lowest BCUT2D eigenvalue weighted by atomic mass is 10.0. The van der Waals surface area contributed by atoms with E-state index in [1.165, 1.54) is 0 Å². The minimum atomic E-state index is -0.434. The molecule has 0 unspecified atom stereocenters. The van der Waals surface area contributed by atoms with E-state index < -0.39 is 6.09 Å². The molecule has 4 heteroatoms. The lowest BCUT2D eigenvalue weighted by Gasteiger charge is -2.13. The fourth-order valence-corrected chi connectivity index (χ4v) is 2.80. The maximum atomic E-state index is 11.9. The van der Waals surface area contributed by atoms with Crippen molar-refractivity contribution in [1.29, 1.82) is 0 Å². The molecule has 0 heterocycles. The van der Waals surface area contributed by atoms with Gasteiger partial charge in [-0.05, 0) is 36.6 Å². The Bertz CT molecular complexity index is 649. The maximum Gasteiger partial charge on any atom is 0.412 e. The molecule has 2 N–H and O–H groups in total. The van der Waals surface area contributed by atoms with Crippen molar-refractivity contribution in [3.05, 3.63) is 48.5 Å². The molecule has 0 aliphatic heterocycles. The van der Waals surface area contributed by atoms with E-state index in [1.807, 2.05) is 30.3 Å². The quantitative estimate of drug-likeness (QED) is 0.897. The second-order valence-corrected chi connectivity index (χ2v) is 5.56. The molecule has 1 saturated carbocycles. The van der Waals surface area contributed by atoms with E-state index in [2.05, 4.69) is 5.32 Å². The molecule has 0 radical (unpaired) electrons. The van der Waals surface area contributed by atoms with Crippen molar-refractivity contribution in [1.82, 2.24) is 5.32 Å². The zero-order valence-electron chi connectivity index (χ0n) is 12.3. The van der Waals surface area contributed by atoms with Gasteiger partial charge in [0.2, 0.25) is 0 Å². The number of nitrogens with one attached hydrogen (secondary N) is 1. The summed E-state index contributed by atoms with van der Waals surface area (Å²) in [5.74, 6) is 0.585. The lowest BCUT2D eigenvalue weighted by molar-refractivity contribution is 0.196. The zero-order valence-corrected chi connectivity index (χ0v) is 12.3. The molecule has 3 rings (SSSR count). The van der Waals surface area contributed by atoms with E-state index in [4.69, 9.17) is 4.74 Å². The molecule has 114 valence electrons. The highest BCUT2D eigenvalue weighted by Crippen LogP contribution is 2.32. The predicted octanol–water partition coefficient (Wildman–Crippen LogP) is 4.09. The van der Waals surface area contributed by atoms with Gasteiger partial charge in [0.05, 0.1) is 0 Å². The van der Waals surface area contributed by atoms with Crippen molar-refractivity contribution in [2.75, 3.05) is 0 Å². The number of amides is 1. The van der Waals surface area contributed by atoms with E-state index in [1.54, 1.807) is 18.2 Å². The molecule has 0 atom stereocenters. The van der Waals surface area contributed by atoms with Crippen LogP contribution in [-0.2, 0) is 0 Å². The third-order valence-electron chi connectivity index (χ3n) is 3.94. The van der Waals surface area contributed by atoms with Crippen LogP contribution in [0.2, 0.25) is 0 Å². The molecular formula is C18H19NO3. The van der Waals surface area contributed by atoms with Gasteiger partial charge in [0.25, 0.3) is 0 Å². The number of carbonyl (C=O) groups is 1. The summed E-state index contributed by atoms with van der Waals surface area (Å²) in [6, 6.07) is 14.5. The summed E-state index contributed by atoms with van der Waals surface area (Å²) in [4.78, 5) is 11.9. The highest BCUT2D eigenvalue weighted by Gasteiger charge is 2.18. The summed E-state index contributed by atoms with van der Waals surface area (Å²) < 4.78 is 5.33. The van der Waals surface area contributed by atoms with Crippen LogP contribution in [0, 0.1) is 0 Å². The maximum absolute atomic E-state index is 11.9. The van der Waals surface area contributed by atoms with Crippen LogP contribution in [-0.4, -0.2) is 17.2 Å². The van der Waals surface area contributed by atoms with Crippen LogP contribution in [0.4, 0.5) is 4.79 Å². The molecule has 1 aliphatic rings. The number of aromatic hydroxyl groups is 1. The minimum Gasteiger partial charge on any atom is -0.507 e. The van der Waals surface area contributed by atoms with Gasteiger partial charge in [-0.25, -0.2) is 4.79 Å². The number of phenols is 1. The van der Waals surface area contributed by atoms with Crippen molar-refractivity contribution in [3.63, 3.8) is 0 Å². The average molecular weight is 296 g/mol. The Hall–Kier alpha value is -2.49. The van der Waals surface area contributed by atoms with Crippen molar-refractivity contribution in [3.8, 4) is 22.6 Å². The standard InChI is InChI=1S/C18H19NO3/c20-17-11-10-15(12-16(17)13-6-2-1-3-7-13)22-18(21)19-14-8-4-5-9-14/h1-3,6-7,10-12,14,20H,4-5,8-9H2,(H,19,21)/i18-1. The smallest absolute Gasteiger partial charge is 0.412 e. The molecule has 22 heavy (non-hydrogen) atoms. The Kier molecular flexibility index (Phi) is 4.28. The molecule has 0 bridgehead atoms. The van der Waals surface area contributed by atoms with Crippen LogP contribution < -0.4 is 10.1 Å². The Morgan fingerprint density at radius 3 is 2.55 bits per heavy atom. The van der Waals surface area contributed by atoms with Gasteiger partial charge in [-0.15, -0.1) is 0 Å². The number of phenolic OH excluding ortho intramolecular Hbond substituents is 1. The minimum absolute atomic E-state index is 0.162. The summed E-state index contributed by atoms with van der Waals surface area (Å²) in [7, 11) is 0. The van der Waals surface area contributed by atoms with Crippen LogP contribution >= 0.6 is 0 Å². The number of ether oxygens (including phenoxy) is 1. The number of hydrogen-bond donors (Lipinski definition) is 2. The van der Waals surface area contributed by atoms with Gasteiger partial charge in [0.1, 0.15) is 11.5 Å². The van der Waals surface area contributed by atoms with Gasteiger partial charge in [-0.2, -0.15) is 0 Å².